The van der Waals surface area contributed by atoms with Crippen LogP contribution in [-0.2, 0) is 0 Å². The van der Waals surface area contributed by atoms with Crippen LogP contribution in [0.1, 0.15) is 67.2 Å². The van der Waals surface area contributed by atoms with Crippen LogP contribution in [-0.4, -0.2) is 0 Å². The average Bonchev–Trinajstić information content (AvgIpc) is 2.00. The van der Waals surface area contributed by atoms with Crippen LogP contribution in [0.15, 0.2) is 23.3 Å². The number of allylic oxidation sites excluding steroid dienone is 4. The average molecular weight is 208 g/mol. The van der Waals surface area contributed by atoms with Gasteiger partial charge in [0.2, 0.25) is 0 Å². The molecule has 0 aromatic rings. The minimum atomic E-state index is 0.469. The standard InChI is InChI=1S/C15H28/c1-13(2)9-7-10-14(3)11-8-12-15(4,5)6/h9,11H,7-8,10,12H2,1-6H3/b14-11+. The molecule has 0 saturated carbocycles. The molecule has 0 heterocycles. The minimum Gasteiger partial charge on any atom is -0.0856 e. The summed E-state index contributed by atoms with van der Waals surface area (Å²) in [5.74, 6) is 0. The zero-order chi connectivity index (χ0) is 11.9. The Kier molecular flexibility index (Phi) is 6.63. The van der Waals surface area contributed by atoms with Gasteiger partial charge in [0, 0.05) is 0 Å². The van der Waals surface area contributed by atoms with E-state index >= 15 is 0 Å². The Morgan fingerprint density at radius 1 is 0.933 bits per heavy atom. The molecule has 0 nitrogen and oxygen atoms in total. The van der Waals surface area contributed by atoms with E-state index in [1.165, 1.54) is 36.8 Å². The first-order chi connectivity index (χ1) is 6.81. The van der Waals surface area contributed by atoms with Crippen molar-refractivity contribution in [1.82, 2.24) is 0 Å². The SMILES string of the molecule is CC(C)=CCC/C(C)=C/CCC(C)(C)C. The van der Waals surface area contributed by atoms with Crippen molar-refractivity contribution in [2.45, 2.75) is 67.2 Å². The summed E-state index contributed by atoms with van der Waals surface area (Å²) in [6, 6.07) is 0. The summed E-state index contributed by atoms with van der Waals surface area (Å²) in [6.07, 6.45) is 9.65. The van der Waals surface area contributed by atoms with E-state index in [0.29, 0.717) is 5.41 Å². The lowest BCUT2D eigenvalue weighted by Crippen LogP contribution is -2.03. The molecule has 0 bridgehead atoms. The number of hydrogen-bond donors (Lipinski definition) is 0. The first kappa shape index (κ1) is 14.5. The van der Waals surface area contributed by atoms with Crippen LogP contribution in [0.25, 0.3) is 0 Å². The fraction of sp³-hybridized carbons (Fsp3) is 0.733. The molecule has 0 saturated heterocycles. The lowest BCUT2D eigenvalue weighted by molar-refractivity contribution is 0.381. The van der Waals surface area contributed by atoms with E-state index < -0.39 is 0 Å². The molecule has 0 heteroatoms. The van der Waals surface area contributed by atoms with Gasteiger partial charge in [-0.15, -0.1) is 0 Å². The Labute approximate surface area is 96.5 Å². The molecule has 0 spiro atoms. The number of rotatable bonds is 5. The van der Waals surface area contributed by atoms with Crippen LogP contribution in [0.3, 0.4) is 0 Å². The summed E-state index contributed by atoms with van der Waals surface area (Å²) in [6.45, 7) is 13.5. The second-order valence-electron chi connectivity index (χ2n) is 5.97. The molecule has 0 atom stereocenters. The van der Waals surface area contributed by atoms with Gasteiger partial charge in [0.05, 0.1) is 0 Å². The normalized spacial score (nSPS) is 12.8. The Balaban J connectivity index is 3.75. The maximum absolute atomic E-state index is 2.41. The summed E-state index contributed by atoms with van der Waals surface area (Å²) >= 11 is 0. The van der Waals surface area contributed by atoms with E-state index in [1.54, 1.807) is 0 Å². The first-order valence-electron chi connectivity index (χ1n) is 6.10. The summed E-state index contributed by atoms with van der Waals surface area (Å²) in [4.78, 5) is 0. The molecule has 88 valence electrons. The zero-order valence-electron chi connectivity index (χ0n) is 11.5. The van der Waals surface area contributed by atoms with E-state index in [-0.39, 0.29) is 0 Å². The predicted molar refractivity (Wildman–Crippen MR) is 71.1 cm³/mol. The van der Waals surface area contributed by atoms with E-state index in [4.69, 9.17) is 0 Å². The van der Waals surface area contributed by atoms with E-state index in [9.17, 15) is 0 Å². The van der Waals surface area contributed by atoms with Crippen molar-refractivity contribution in [2.75, 3.05) is 0 Å². The van der Waals surface area contributed by atoms with Gasteiger partial charge in [-0.3, -0.25) is 0 Å². The predicted octanol–water partition coefficient (Wildman–Crippen LogP) is 5.51. The summed E-state index contributed by atoms with van der Waals surface area (Å²) in [7, 11) is 0. The smallest absolute Gasteiger partial charge is 0.0288 e. The fourth-order valence-corrected chi connectivity index (χ4v) is 1.44. The summed E-state index contributed by atoms with van der Waals surface area (Å²) < 4.78 is 0. The van der Waals surface area contributed by atoms with Gasteiger partial charge in [-0.05, 0) is 51.9 Å². The van der Waals surface area contributed by atoms with Gasteiger partial charge in [0.15, 0.2) is 0 Å². The van der Waals surface area contributed by atoms with Gasteiger partial charge in [-0.1, -0.05) is 44.1 Å². The summed E-state index contributed by atoms with van der Waals surface area (Å²) in [5.41, 5.74) is 3.44. The second-order valence-corrected chi connectivity index (χ2v) is 5.97. The highest BCUT2D eigenvalue weighted by Crippen LogP contribution is 2.21. The first-order valence-corrected chi connectivity index (χ1v) is 6.10. The largest absolute Gasteiger partial charge is 0.0856 e. The highest BCUT2D eigenvalue weighted by Gasteiger charge is 2.07. The van der Waals surface area contributed by atoms with Crippen molar-refractivity contribution >= 4 is 0 Å². The third-order valence-electron chi connectivity index (χ3n) is 2.48. The maximum atomic E-state index is 2.41. The van der Waals surface area contributed by atoms with E-state index in [0.717, 1.165) is 0 Å². The molecule has 0 amide bonds. The van der Waals surface area contributed by atoms with Crippen molar-refractivity contribution in [1.29, 1.82) is 0 Å². The van der Waals surface area contributed by atoms with Crippen LogP contribution < -0.4 is 0 Å². The topological polar surface area (TPSA) is 0 Å². The van der Waals surface area contributed by atoms with Crippen molar-refractivity contribution < 1.29 is 0 Å². The quantitative estimate of drug-likeness (QED) is 0.523. The number of hydrogen-bond acceptors (Lipinski definition) is 0. The van der Waals surface area contributed by atoms with E-state index in [2.05, 4.69) is 53.7 Å². The highest BCUT2D eigenvalue weighted by atomic mass is 14.1. The summed E-state index contributed by atoms with van der Waals surface area (Å²) in [5, 5.41) is 0. The third-order valence-corrected chi connectivity index (χ3v) is 2.48. The molecular weight excluding hydrogens is 180 g/mol. The van der Waals surface area contributed by atoms with Gasteiger partial charge >= 0.3 is 0 Å². The third kappa shape index (κ3) is 11.4. The maximum Gasteiger partial charge on any atom is -0.0288 e. The molecule has 0 fully saturated rings. The van der Waals surface area contributed by atoms with Crippen molar-refractivity contribution in [2.24, 2.45) is 5.41 Å². The van der Waals surface area contributed by atoms with Crippen molar-refractivity contribution in [3.05, 3.63) is 23.3 Å². The Bertz CT molecular complexity index is 219. The molecular formula is C15H28. The molecule has 0 N–H and O–H groups in total. The van der Waals surface area contributed by atoms with Crippen LogP contribution >= 0.6 is 0 Å². The molecule has 0 aliphatic carbocycles. The van der Waals surface area contributed by atoms with Crippen molar-refractivity contribution in [3.8, 4) is 0 Å². The Morgan fingerprint density at radius 2 is 1.53 bits per heavy atom. The lowest BCUT2D eigenvalue weighted by atomic mass is 9.90. The van der Waals surface area contributed by atoms with E-state index in [1.807, 2.05) is 0 Å². The monoisotopic (exact) mass is 208 g/mol. The molecule has 0 rings (SSSR count). The minimum absolute atomic E-state index is 0.469. The molecule has 0 unspecified atom stereocenters. The van der Waals surface area contributed by atoms with Crippen LogP contribution in [0.2, 0.25) is 0 Å². The van der Waals surface area contributed by atoms with Gasteiger partial charge in [0.25, 0.3) is 0 Å². The van der Waals surface area contributed by atoms with Crippen LogP contribution in [0.5, 0.6) is 0 Å². The van der Waals surface area contributed by atoms with Crippen LogP contribution in [0.4, 0.5) is 0 Å². The van der Waals surface area contributed by atoms with Gasteiger partial charge < -0.3 is 0 Å². The molecule has 0 aromatic carbocycles. The lowest BCUT2D eigenvalue weighted by Gasteiger charge is -2.16. The Hall–Kier alpha value is -0.520. The molecule has 0 radical (unpaired) electrons. The Morgan fingerprint density at radius 3 is 2.00 bits per heavy atom. The molecule has 0 aromatic heterocycles. The highest BCUT2D eigenvalue weighted by molar-refractivity contribution is 5.02. The molecule has 15 heavy (non-hydrogen) atoms. The van der Waals surface area contributed by atoms with Crippen LogP contribution in [0, 0.1) is 5.41 Å². The zero-order valence-corrected chi connectivity index (χ0v) is 11.5. The molecule has 0 aliphatic heterocycles. The van der Waals surface area contributed by atoms with Gasteiger partial charge in [-0.2, -0.15) is 0 Å². The molecule has 0 aliphatic rings. The van der Waals surface area contributed by atoms with Gasteiger partial charge in [0.1, 0.15) is 0 Å². The van der Waals surface area contributed by atoms with Gasteiger partial charge in [-0.25, -0.2) is 0 Å². The fourth-order valence-electron chi connectivity index (χ4n) is 1.44. The van der Waals surface area contributed by atoms with Crippen molar-refractivity contribution in [3.63, 3.8) is 0 Å². The second kappa shape index (κ2) is 6.87.